The summed E-state index contributed by atoms with van der Waals surface area (Å²) >= 11 is 1.66. The van der Waals surface area contributed by atoms with Crippen LogP contribution in [-0.4, -0.2) is 20.6 Å². The van der Waals surface area contributed by atoms with E-state index in [1.54, 1.807) is 11.3 Å². The second kappa shape index (κ2) is 8.22. The van der Waals surface area contributed by atoms with Crippen LogP contribution in [0.4, 0.5) is 17.2 Å². The summed E-state index contributed by atoms with van der Waals surface area (Å²) < 4.78 is 1.89. The lowest BCUT2D eigenvalue weighted by molar-refractivity contribution is 0.396. The summed E-state index contributed by atoms with van der Waals surface area (Å²) in [7, 11) is 0. The molecule has 5 rings (SSSR count). The second-order valence-electron chi connectivity index (χ2n) is 9.08. The highest BCUT2D eigenvalue weighted by atomic mass is 32.1. The zero-order chi connectivity index (χ0) is 22.4. The number of nitrogen functional groups attached to an aromatic ring is 1. The van der Waals surface area contributed by atoms with Crippen molar-refractivity contribution in [2.75, 3.05) is 11.1 Å². The first-order chi connectivity index (χ1) is 15.4. The summed E-state index contributed by atoms with van der Waals surface area (Å²) in [4.78, 5) is 4.82. The van der Waals surface area contributed by atoms with Gasteiger partial charge >= 0.3 is 0 Å². The van der Waals surface area contributed by atoms with E-state index in [0.29, 0.717) is 11.7 Å². The molecule has 0 amide bonds. The van der Waals surface area contributed by atoms with Crippen LogP contribution in [0.2, 0.25) is 0 Å². The minimum absolute atomic E-state index is 0.277. The normalized spacial score (nSPS) is 18.9. The molecule has 0 saturated heterocycles. The van der Waals surface area contributed by atoms with E-state index < -0.39 is 0 Å². The van der Waals surface area contributed by atoms with Gasteiger partial charge in [-0.2, -0.15) is 11.3 Å². The van der Waals surface area contributed by atoms with Crippen LogP contribution in [0.15, 0.2) is 35.2 Å². The maximum absolute atomic E-state index is 6.66. The number of fused-ring (bicyclic) bond motifs is 1. The SMILES string of the molecule is Cc1cc(C)c(Nc2c3ncc(-c4ccsc4)n3nc(N)c2[C@H]2CC[C@H](N)CC2)c(C)c1. The smallest absolute Gasteiger partial charge is 0.178 e. The van der Waals surface area contributed by atoms with Gasteiger partial charge in [0, 0.05) is 28.2 Å². The molecule has 0 unspecified atom stereocenters. The van der Waals surface area contributed by atoms with Crippen molar-refractivity contribution in [3.05, 3.63) is 57.4 Å². The molecule has 1 aliphatic rings. The third-order valence-electron chi connectivity index (χ3n) is 6.64. The van der Waals surface area contributed by atoms with Crippen LogP contribution < -0.4 is 16.8 Å². The summed E-state index contributed by atoms with van der Waals surface area (Å²) in [6.07, 6.45) is 5.94. The summed E-state index contributed by atoms with van der Waals surface area (Å²) in [5.74, 6) is 0.888. The number of benzene rings is 1. The van der Waals surface area contributed by atoms with Crippen LogP contribution in [0.25, 0.3) is 16.9 Å². The van der Waals surface area contributed by atoms with Crippen molar-refractivity contribution in [2.45, 2.75) is 58.4 Å². The number of hydrogen-bond donors (Lipinski definition) is 3. The summed E-state index contributed by atoms with van der Waals surface area (Å²) in [6, 6.07) is 6.78. The Kier molecular flexibility index (Phi) is 5.39. The predicted octanol–water partition coefficient (Wildman–Crippen LogP) is 5.69. The molecule has 0 bridgehead atoms. The number of nitrogens with one attached hydrogen (secondary N) is 1. The Bertz CT molecular complexity index is 1240. The third-order valence-corrected chi connectivity index (χ3v) is 7.32. The maximum atomic E-state index is 6.66. The molecule has 3 aromatic heterocycles. The lowest BCUT2D eigenvalue weighted by Crippen LogP contribution is -2.26. The molecule has 0 radical (unpaired) electrons. The van der Waals surface area contributed by atoms with E-state index in [4.69, 9.17) is 21.5 Å². The molecule has 0 aliphatic heterocycles. The quantitative estimate of drug-likeness (QED) is 0.374. The Labute approximate surface area is 192 Å². The summed E-state index contributed by atoms with van der Waals surface area (Å²) in [5, 5.41) is 12.7. The fourth-order valence-electron chi connectivity index (χ4n) is 5.08. The van der Waals surface area contributed by atoms with Crippen LogP contribution in [0.1, 0.15) is 53.9 Å². The van der Waals surface area contributed by atoms with Gasteiger partial charge in [0.2, 0.25) is 0 Å². The topological polar surface area (TPSA) is 94.3 Å². The number of hydrogen-bond acceptors (Lipinski definition) is 6. The number of rotatable bonds is 4. The molecule has 5 N–H and O–H groups in total. The molecular formula is C25H30N6S. The minimum Gasteiger partial charge on any atom is -0.382 e. The molecule has 0 atom stereocenters. The maximum Gasteiger partial charge on any atom is 0.178 e. The second-order valence-corrected chi connectivity index (χ2v) is 9.86. The first-order valence-corrected chi connectivity index (χ1v) is 12.2. The van der Waals surface area contributed by atoms with Crippen molar-refractivity contribution < 1.29 is 0 Å². The van der Waals surface area contributed by atoms with E-state index in [1.165, 1.54) is 16.7 Å². The molecule has 32 heavy (non-hydrogen) atoms. The number of aromatic nitrogens is 3. The van der Waals surface area contributed by atoms with Crippen LogP contribution in [0.3, 0.4) is 0 Å². The van der Waals surface area contributed by atoms with Crippen molar-refractivity contribution in [1.29, 1.82) is 0 Å². The Morgan fingerprint density at radius 2 is 1.78 bits per heavy atom. The van der Waals surface area contributed by atoms with Gasteiger partial charge in [0.1, 0.15) is 5.82 Å². The van der Waals surface area contributed by atoms with Gasteiger partial charge in [-0.1, -0.05) is 17.7 Å². The van der Waals surface area contributed by atoms with Crippen LogP contribution in [0, 0.1) is 20.8 Å². The number of imidazole rings is 1. The molecule has 1 aromatic carbocycles. The molecule has 1 saturated carbocycles. The number of nitrogens with zero attached hydrogens (tertiary/aromatic N) is 3. The standard InChI is InChI=1S/C25H30N6S/c1-14-10-15(2)22(16(3)11-14)29-23-21(17-4-6-19(26)7-5-17)24(27)30-31-20(12-28-25(23)31)18-8-9-32-13-18/h8-13,17,19,29H,4-7,26H2,1-3H3,(H2,27,30)/t17-,19-. The van der Waals surface area contributed by atoms with Crippen molar-refractivity contribution >= 4 is 34.2 Å². The molecule has 6 nitrogen and oxygen atoms in total. The number of anilines is 3. The van der Waals surface area contributed by atoms with Crippen molar-refractivity contribution in [3.8, 4) is 11.3 Å². The van der Waals surface area contributed by atoms with Gasteiger partial charge in [0.15, 0.2) is 5.65 Å². The fraction of sp³-hybridized carbons (Fsp3) is 0.360. The monoisotopic (exact) mass is 446 g/mol. The zero-order valence-electron chi connectivity index (χ0n) is 18.9. The highest BCUT2D eigenvalue weighted by Gasteiger charge is 2.28. The molecule has 166 valence electrons. The van der Waals surface area contributed by atoms with E-state index in [9.17, 15) is 0 Å². The first kappa shape index (κ1) is 21.0. The Morgan fingerprint density at radius 3 is 2.44 bits per heavy atom. The van der Waals surface area contributed by atoms with Crippen molar-refractivity contribution in [2.24, 2.45) is 5.73 Å². The van der Waals surface area contributed by atoms with Gasteiger partial charge in [0.25, 0.3) is 0 Å². The predicted molar refractivity (Wildman–Crippen MR) is 134 cm³/mol. The minimum atomic E-state index is 0.277. The van der Waals surface area contributed by atoms with Gasteiger partial charge in [-0.15, -0.1) is 5.10 Å². The van der Waals surface area contributed by atoms with Crippen molar-refractivity contribution in [3.63, 3.8) is 0 Å². The van der Waals surface area contributed by atoms with Gasteiger partial charge in [-0.3, -0.25) is 0 Å². The highest BCUT2D eigenvalue weighted by Crippen LogP contribution is 2.42. The third kappa shape index (κ3) is 3.65. The highest BCUT2D eigenvalue weighted by molar-refractivity contribution is 7.08. The molecular weight excluding hydrogens is 416 g/mol. The van der Waals surface area contributed by atoms with Gasteiger partial charge < -0.3 is 16.8 Å². The summed E-state index contributed by atoms with van der Waals surface area (Å²) in [5.41, 5.74) is 22.5. The van der Waals surface area contributed by atoms with E-state index in [1.807, 2.05) is 10.7 Å². The van der Waals surface area contributed by atoms with E-state index >= 15 is 0 Å². The number of thiophene rings is 1. The zero-order valence-corrected chi connectivity index (χ0v) is 19.7. The lowest BCUT2D eigenvalue weighted by Gasteiger charge is -2.29. The summed E-state index contributed by atoms with van der Waals surface area (Å²) in [6.45, 7) is 6.42. The van der Waals surface area contributed by atoms with Crippen LogP contribution in [0.5, 0.6) is 0 Å². The first-order valence-electron chi connectivity index (χ1n) is 11.2. The molecule has 7 heteroatoms. The van der Waals surface area contributed by atoms with E-state index in [-0.39, 0.29) is 6.04 Å². The fourth-order valence-corrected chi connectivity index (χ4v) is 5.73. The van der Waals surface area contributed by atoms with E-state index in [0.717, 1.165) is 59.5 Å². The average molecular weight is 447 g/mol. The molecule has 4 aromatic rings. The number of nitrogens with two attached hydrogens (primary N) is 2. The largest absolute Gasteiger partial charge is 0.382 e. The lowest BCUT2D eigenvalue weighted by atomic mass is 9.81. The number of aryl methyl sites for hydroxylation is 3. The molecule has 3 heterocycles. The van der Waals surface area contributed by atoms with Gasteiger partial charge in [-0.05, 0) is 74.9 Å². The molecule has 1 aliphatic carbocycles. The Morgan fingerprint density at radius 1 is 1.06 bits per heavy atom. The molecule has 1 fully saturated rings. The van der Waals surface area contributed by atoms with Crippen molar-refractivity contribution in [1.82, 2.24) is 14.6 Å². The Hall–Kier alpha value is -2.90. The van der Waals surface area contributed by atoms with Gasteiger partial charge in [0.05, 0.1) is 17.6 Å². The van der Waals surface area contributed by atoms with Crippen LogP contribution in [-0.2, 0) is 0 Å². The average Bonchev–Trinajstić information content (AvgIpc) is 3.41. The van der Waals surface area contributed by atoms with E-state index in [2.05, 4.69) is 55.0 Å². The molecule has 0 spiro atoms. The van der Waals surface area contributed by atoms with Crippen LogP contribution >= 0.6 is 11.3 Å². The Balaban J connectivity index is 1.71. The van der Waals surface area contributed by atoms with Gasteiger partial charge in [-0.25, -0.2) is 9.50 Å².